The van der Waals surface area contributed by atoms with E-state index in [0.717, 1.165) is 5.56 Å². The second-order valence-electron chi connectivity index (χ2n) is 6.22. The molecule has 1 saturated heterocycles. The molecule has 1 aliphatic rings. The van der Waals surface area contributed by atoms with E-state index in [1.165, 1.54) is 0 Å². The zero-order valence-electron chi connectivity index (χ0n) is 14.9. The Labute approximate surface area is 162 Å². The Balaban J connectivity index is 1.67. The van der Waals surface area contributed by atoms with Gasteiger partial charge in [-0.15, -0.1) is 0 Å². The number of benzene rings is 2. The highest BCUT2D eigenvalue weighted by atomic mass is 35.5. The smallest absolute Gasteiger partial charge is 0.319 e. The Kier molecular flexibility index (Phi) is 6.28. The van der Waals surface area contributed by atoms with Crippen LogP contribution < -0.4 is 26.8 Å². The van der Waals surface area contributed by atoms with E-state index >= 15 is 0 Å². The third kappa shape index (κ3) is 4.97. The van der Waals surface area contributed by atoms with E-state index in [4.69, 9.17) is 11.6 Å². The number of nitrogens with one attached hydrogen (secondary N) is 5. The zero-order chi connectivity index (χ0) is 19.2. The molecule has 5 N–H and O–H groups in total. The van der Waals surface area contributed by atoms with Gasteiger partial charge in [0.15, 0.2) is 0 Å². The monoisotopic (exact) mass is 387 g/mol. The van der Waals surface area contributed by atoms with Crippen molar-refractivity contribution in [3.8, 4) is 0 Å². The topological polar surface area (TPSA) is 94.3 Å². The van der Waals surface area contributed by atoms with Gasteiger partial charge in [0.2, 0.25) is 5.91 Å². The summed E-state index contributed by atoms with van der Waals surface area (Å²) in [5.74, 6) is -0.395. The molecule has 0 aliphatic carbocycles. The van der Waals surface area contributed by atoms with Gasteiger partial charge in [0.1, 0.15) is 0 Å². The van der Waals surface area contributed by atoms with Gasteiger partial charge in [-0.1, -0.05) is 29.8 Å². The van der Waals surface area contributed by atoms with Crippen LogP contribution in [0.2, 0.25) is 5.02 Å². The number of hydrazine groups is 1. The lowest BCUT2D eigenvalue weighted by molar-refractivity contribution is -0.119. The van der Waals surface area contributed by atoms with Gasteiger partial charge in [-0.05, 0) is 42.8 Å². The summed E-state index contributed by atoms with van der Waals surface area (Å²) in [4.78, 5) is 24.4. The number of urea groups is 1. The van der Waals surface area contributed by atoms with Gasteiger partial charge >= 0.3 is 6.03 Å². The number of halogens is 1. The lowest BCUT2D eigenvalue weighted by Crippen LogP contribution is -2.30. The molecule has 0 saturated carbocycles. The van der Waals surface area contributed by atoms with Crippen LogP contribution in [0.1, 0.15) is 18.5 Å². The van der Waals surface area contributed by atoms with Gasteiger partial charge < -0.3 is 16.0 Å². The molecule has 142 valence electrons. The summed E-state index contributed by atoms with van der Waals surface area (Å²) < 4.78 is 0. The van der Waals surface area contributed by atoms with E-state index in [0.29, 0.717) is 29.5 Å². The van der Waals surface area contributed by atoms with Crippen LogP contribution in [-0.4, -0.2) is 25.0 Å². The Hall–Kier alpha value is -2.61. The van der Waals surface area contributed by atoms with Crippen molar-refractivity contribution in [1.82, 2.24) is 16.2 Å². The second-order valence-corrected chi connectivity index (χ2v) is 6.65. The molecule has 2 atom stereocenters. The van der Waals surface area contributed by atoms with Crippen LogP contribution in [0.5, 0.6) is 0 Å². The summed E-state index contributed by atoms with van der Waals surface area (Å²) in [6.45, 7) is 2.89. The van der Waals surface area contributed by atoms with E-state index < -0.39 is 0 Å². The van der Waals surface area contributed by atoms with Gasteiger partial charge in [0.05, 0.1) is 12.0 Å². The van der Waals surface area contributed by atoms with Crippen molar-refractivity contribution in [1.29, 1.82) is 0 Å². The van der Waals surface area contributed by atoms with Crippen LogP contribution in [0.4, 0.5) is 16.2 Å². The third-order valence-corrected chi connectivity index (χ3v) is 4.53. The molecule has 1 heterocycles. The molecular weight excluding hydrogens is 366 g/mol. The Morgan fingerprint density at radius 1 is 1.11 bits per heavy atom. The molecular formula is C19H22ClN5O2. The first-order chi connectivity index (χ1) is 13.1. The maximum atomic E-state index is 12.8. The standard InChI is InChI=1S/C19H22ClN5O2/c1-2-21-19(27)24-15-5-3-4-14(10-15)23-18(26)16-11-22-25-17(16)12-6-8-13(20)9-7-12/h3-10,16-17,22,25H,2,11H2,1H3,(H,23,26)(H2,21,24,27). The van der Waals surface area contributed by atoms with Gasteiger partial charge in [-0.25, -0.2) is 10.2 Å². The fourth-order valence-corrected chi connectivity index (χ4v) is 3.10. The van der Waals surface area contributed by atoms with Gasteiger partial charge in [0, 0.05) is 29.5 Å². The average Bonchev–Trinajstić information content (AvgIpc) is 3.13. The second kappa shape index (κ2) is 8.85. The SMILES string of the molecule is CCNC(=O)Nc1cccc(NC(=O)C2CNNC2c2ccc(Cl)cc2)c1. The normalized spacial score (nSPS) is 18.7. The predicted molar refractivity (Wildman–Crippen MR) is 107 cm³/mol. The highest BCUT2D eigenvalue weighted by molar-refractivity contribution is 6.30. The van der Waals surface area contributed by atoms with Crippen LogP contribution >= 0.6 is 11.6 Å². The largest absolute Gasteiger partial charge is 0.338 e. The number of rotatable bonds is 5. The van der Waals surface area contributed by atoms with E-state index in [9.17, 15) is 9.59 Å². The van der Waals surface area contributed by atoms with E-state index in [2.05, 4.69) is 26.8 Å². The number of carbonyl (C=O) groups excluding carboxylic acids is 2. The van der Waals surface area contributed by atoms with Crippen LogP contribution in [-0.2, 0) is 4.79 Å². The first kappa shape index (κ1) is 19.2. The molecule has 27 heavy (non-hydrogen) atoms. The lowest BCUT2D eigenvalue weighted by Gasteiger charge is -2.19. The summed E-state index contributed by atoms with van der Waals surface area (Å²) >= 11 is 5.95. The fourth-order valence-electron chi connectivity index (χ4n) is 2.97. The van der Waals surface area contributed by atoms with Crippen LogP contribution in [0, 0.1) is 5.92 Å². The Bertz CT molecular complexity index is 812. The molecule has 3 rings (SSSR count). The van der Waals surface area contributed by atoms with E-state index in [1.807, 2.05) is 31.2 Å². The number of hydrogen-bond donors (Lipinski definition) is 5. The molecule has 0 spiro atoms. The molecule has 1 fully saturated rings. The summed E-state index contributed by atoms with van der Waals surface area (Å²) in [5, 5.41) is 8.97. The van der Waals surface area contributed by atoms with Gasteiger partial charge in [-0.3, -0.25) is 10.2 Å². The minimum atomic E-state index is -0.286. The highest BCUT2D eigenvalue weighted by Crippen LogP contribution is 2.27. The van der Waals surface area contributed by atoms with Crippen molar-refractivity contribution in [3.63, 3.8) is 0 Å². The van der Waals surface area contributed by atoms with Gasteiger partial charge in [0.25, 0.3) is 0 Å². The van der Waals surface area contributed by atoms with Crippen molar-refractivity contribution in [2.24, 2.45) is 5.92 Å². The summed E-state index contributed by atoms with van der Waals surface area (Å²) in [6, 6.07) is 14.0. The third-order valence-electron chi connectivity index (χ3n) is 4.27. The number of carbonyl (C=O) groups is 2. The van der Waals surface area contributed by atoms with E-state index in [1.54, 1.807) is 24.3 Å². The Morgan fingerprint density at radius 2 is 1.81 bits per heavy atom. The fraction of sp³-hybridized carbons (Fsp3) is 0.263. The summed E-state index contributed by atoms with van der Waals surface area (Å²) in [6.07, 6.45) is 0. The average molecular weight is 388 g/mol. The van der Waals surface area contributed by atoms with Crippen molar-refractivity contribution in [3.05, 3.63) is 59.1 Å². The maximum Gasteiger partial charge on any atom is 0.319 e. The molecule has 0 bridgehead atoms. The first-order valence-electron chi connectivity index (χ1n) is 8.76. The molecule has 7 nitrogen and oxygen atoms in total. The number of hydrogen-bond acceptors (Lipinski definition) is 4. The van der Waals surface area contributed by atoms with Crippen LogP contribution in [0.3, 0.4) is 0 Å². The van der Waals surface area contributed by atoms with Crippen molar-refractivity contribution in [2.45, 2.75) is 13.0 Å². The van der Waals surface area contributed by atoms with E-state index in [-0.39, 0.29) is 23.9 Å². The molecule has 3 amide bonds. The molecule has 2 unspecified atom stereocenters. The molecule has 0 aromatic heterocycles. The first-order valence-corrected chi connectivity index (χ1v) is 9.14. The lowest BCUT2D eigenvalue weighted by atomic mass is 9.94. The quantitative estimate of drug-likeness (QED) is 0.545. The van der Waals surface area contributed by atoms with Crippen molar-refractivity contribution < 1.29 is 9.59 Å². The number of anilines is 2. The van der Waals surface area contributed by atoms with Crippen LogP contribution in [0.25, 0.3) is 0 Å². The molecule has 2 aromatic rings. The van der Waals surface area contributed by atoms with Crippen LogP contribution in [0.15, 0.2) is 48.5 Å². The maximum absolute atomic E-state index is 12.8. The number of amides is 3. The minimum Gasteiger partial charge on any atom is -0.338 e. The molecule has 8 heteroatoms. The highest BCUT2D eigenvalue weighted by Gasteiger charge is 2.34. The minimum absolute atomic E-state index is 0.109. The zero-order valence-corrected chi connectivity index (χ0v) is 15.6. The summed E-state index contributed by atoms with van der Waals surface area (Å²) in [5.41, 5.74) is 8.40. The summed E-state index contributed by atoms with van der Waals surface area (Å²) in [7, 11) is 0. The molecule has 0 radical (unpaired) electrons. The predicted octanol–water partition coefficient (Wildman–Crippen LogP) is 2.89. The molecule has 2 aromatic carbocycles. The van der Waals surface area contributed by atoms with Crippen molar-refractivity contribution in [2.75, 3.05) is 23.7 Å². The Morgan fingerprint density at radius 3 is 2.52 bits per heavy atom. The molecule has 1 aliphatic heterocycles. The van der Waals surface area contributed by atoms with Gasteiger partial charge in [-0.2, -0.15) is 0 Å². The van der Waals surface area contributed by atoms with Crippen molar-refractivity contribution >= 4 is 34.9 Å².